The second kappa shape index (κ2) is 14.9. The Morgan fingerprint density at radius 2 is 1.30 bits per heavy atom. The highest BCUT2D eigenvalue weighted by Gasteiger charge is 2.53. The number of hydrogen-bond acceptors (Lipinski definition) is 14. The van der Waals surface area contributed by atoms with E-state index in [9.17, 15) is 29.1 Å². The molecule has 5 atom stereocenters. The number of carbonyl (C=O) groups is 5. The van der Waals surface area contributed by atoms with Crippen LogP contribution in [0.2, 0.25) is 0 Å². The molecule has 14 heteroatoms. The van der Waals surface area contributed by atoms with E-state index in [0.29, 0.717) is 11.5 Å². The van der Waals surface area contributed by atoms with Crippen molar-refractivity contribution in [1.29, 1.82) is 0 Å². The van der Waals surface area contributed by atoms with E-state index in [-0.39, 0.29) is 17.9 Å². The van der Waals surface area contributed by atoms with Crippen molar-refractivity contribution in [3.8, 4) is 23.0 Å². The van der Waals surface area contributed by atoms with Gasteiger partial charge in [-0.05, 0) is 36.4 Å². The summed E-state index contributed by atoms with van der Waals surface area (Å²) in [6.45, 7) is 3.62. The lowest BCUT2D eigenvalue weighted by molar-refractivity contribution is -0.288. The molecule has 1 heterocycles. The fourth-order valence-corrected chi connectivity index (χ4v) is 4.14. The maximum absolute atomic E-state index is 12.7. The van der Waals surface area contributed by atoms with Crippen LogP contribution >= 0.6 is 0 Å². The molecular weight excluding hydrogens is 572 g/mol. The third-order valence-corrected chi connectivity index (χ3v) is 5.90. The largest absolute Gasteiger partial charge is 0.507 e. The predicted octanol–water partition coefficient (Wildman–Crippen LogP) is 2.12. The van der Waals surface area contributed by atoms with Gasteiger partial charge in [0.25, 0.3) is 0 Å². The summed E-state index contributed by atoms with van der Waals surface area (Å²) in [4.78, 5) is 60.0. The number of carbonyl (C=O) groups excluding carboxylic acids is 5. The van der Waals surface area contributed by atoms with Gasteiger partial charge in [-0.25, -0.2) is 0 Å². The van der Waals surface area contributed by atoms with Crippen LogP contribution in [0.3, 0.4) is 0 Å². The first-order valence-corrected chi connectivity index (χ1v) is 13.0. The molecule has 0 radical (unpaired) electrons. The fraction of sp³-hybridized carbons (Fsp3) is 0.414. The van der Waals surface area contributed by atoms with E-state index < -0.39 is 72.7 Å². The van der Waals surface area contributed by atoms with E-state index in [4.69, 9.17) is 37.9 Å². The Kier molecular flexibility index (Phi) is 11.3. The average molecular weight is 605 g/mol. The summed E-state index contributed by atoms with van der Waals surface area (Å²) in [5.74, 6) is -3.05. The van der Waals surface area contributed by atoms with Crippen LogP contribution < -0.4 is 14.2 Å². The molecule has 3 rings (SSSR count). The minimum absolute atomic E-state index is 0.0361. The number of ether oxygens (including phenoxy) is 8. The van der Waals surface area contributed by atoms with Gasteiger partial charge in [-0.2, -0.15) is 0 Å². The van der Waals surface area contributed by atoms with E-state index in [0.717, 1.165) is 33.8 Å². The molecule has 2 aromatic rings. The van der Waals surface area contributed by atoms with Gasteiger partial charge < -0.3 is 43.0 Å². The summed E-state index contributed by atoms with van der Waals surface area (Å²) < 4.78 is 43.4. The molecule has 0 aliphatic carbocycles. The van der Waals surface area contributed by atoms with Gasteiger partial charge in [0.05, 0.1) is 12.7 Å². The molecule has 1 fully saturated rings. The topological polar surface area (TPSA) is 179 Å². The van der Waals surface area contributed by atoms with Crippen LogP contribution in [-0.4, -0.2) is 85.8 Å². The molecule has 232 valence electrons. The van der Waals surface area contributed by atoms with E-state index in [1.807, 2.05) is 0 Å². The monoisotopic (exact) mass is 604 g/mol. The molecule has 43 heavy (non-hydrogen) atoms. The number of hydrogen-bond donors (Lipinski definition) is 1. The molecule has 1 N–H and O–H groups in total. The van der Waals surface area contributed by atoms with Crippen molar-refractivity contribution >= 4 is 29.7 Å². The van der Waals surface area contributed by atoms with Crippen LogP contribution in [0.15, 0.2) is 42.5 Å². The number of ketones is 1. The zero-order chi connectivity index (χ0) is 31.7. The SMILES string of the molecule is COc1ccc(OCC(=O)c2ccc(O[C@H]3OC(COC(C)=O)[C@@H](OC(C)=O)C(OC(C)=O)C3OC(C)=O)cc2O)cc1. The first-order chi connectivity index (χ1) is 20.4. The Morgan fingerprint density at radius 3 is 1.86 bits per heavy atom. The van der Waals surface area contributed by atoms with Crippen LogP contribution in [0.1, 0.15) is 38.1 Å². The average Bonchev–Trinajstić information content (AvgIpc) is 2.93. The molecule has 1 saturated heterocycles. The smallest absolute Gasteiger partial charge is 0.303 e. The zero-order valence-electron chi connectivity index (χ0n) is 24.1. The van der Waals surface area contributed by atoms with Gasteiger partial charge in [0, 0.05) is 33.8 Å². The first-order valence-electron chi connectivity index (χ1n) is 13.0. The Balaban J connectivity index is 1.84. The van der Waals surface area contributed by atoms with Gasteiger partial charge >= 0.3 is 23.9 Å². The zero-order valence-corrected chi connectivity index (χ0v) is 24.1. The molecule has 2 aromatic carbocycles. The van der Waals surface area contributed by atoms with Crippen molar-refractivity contribution in [2.75, 3.05) is 20.3 Å². The molecule has 0 spiro atoms. The van der Waals surface area contributed by atoms with Crippen molar-refractivity contribution in [2.45, 2.75) is 58.4 Å². The van der Waals surface area contributed by atoms with E-state index >= 15 is 0 Å². The molecule has 14 nitrogen and oxygen atoms in total. The van der Waals surface area contributed by atoms with Crippen molar-refractivity contribution in [3.63, 3.8) is 0 Å². The van der Waals surface area contributed by atoms with Crippen LogP contribution in [0, 0.1) is 0 Å². The summed E-state index contributed by atoms with van der Waals surface area (Å²) in [7, 11) is 1.52. The maximum atomic E-state index is 12.7. The maximum Gasteiger partial charge on any atom is 0.303 e. The van der Waals surface area contributed by atoms with Gasteiger partial charge in [-0.3, -0.25) is 24.0 Å². The molecule has 0 aromatic heterocycles. The third kappa shape index (κ3) is 9.33. The molecular formula is C29H32O14. The van der Waals surface area contributed by atoms with Crippen LogP contribution in [0.5, 0.6) is 23.0 Å². The Hall–Kier alpha value is -4.85. The van der Waals surface area contributed by atoms with Crippen LogP contribution in [0.25, 0.3) is 0 Å². The standard InChI is InChI=1S/C29H32O14/c1-15(30)37-14-25-26(39-16(2)31)27(40-17(3)32)28(41-18(4)33)29(43-25)42-21-10-11-22(23(34)12-21)24(35)13-38-20-8-6-19(36-5)7-9-20/h6-12,25-29,34H,13-14H2,1-5H3/t25?,26-,27?,28?,29+/m1/s1. The van der Waals surface area contributed by atoms with Crippen molar-refractivity contribution in [2.24, 2.45) is 0 Å². The fourth-order valence-electron chi connectivity index (χ4n) is 4.14. The highest BCUT2D eigenvalue weighted by molar-refractivity contribution is 5.99. The number of phenols is 1. The summed E-state index contributed by atoms with van der Waals surface area (Å²) in [5, 5.41) is 10.6. The van der Waals surface area contributed by atoms with Crippen molar-refractivity contribution in [1.82, 2.24) is 0 Å². The minimum Gasteiger partial charge on any atom is -0.507 e. The molecule has 0 amide bonds. The van der Waals surface area contributed by atoms with E-state index in [2.05, 4.69) is 0 Å². The molecule has 0 bridgehead atoms. The van der Waals surface area contributed by atoms with E-state index in [1.165, 1.54) is 19.2 Å². The van der Waals surface area contributed by atoms with Gasteiger partial charge in [-0.1, -0.05) is 0 Å². The summed E-state index contributed by atoms with van der Waals surface area (Å²) in [5.41, 5.74) is -0.0672. The van der Waals surface area contributed by atoms with Gasteiger partial charge in [0.15, 0.2) is 18.8 Å². The summed E-state index contributed by atoms with van der Waals surface area (Å²) in [6.07, 6.45) is -7.00. The second-order valence-corrected chi connectivity index (χ2v) is 9.25. The second-order valence-electron chi connectivity index (χ2n) is 9.25. The molecule has 1 aliphatic rings. The van der Waals surface area contributed by atoms with Gasteiger partial charge in [0.2, 0.25) is 18.2 Å². The quantitative estimate of drug-likeness (QED) is 0.211. The third-order valence-electron chi connectivity index (χ3n) is 5.90. The lowest BCUT2D eigenvalue weighted by atomic mass is 9.98. The number of phenolic OH excluding ortho intramolecular Hbond substituents is 1. The lowest BCUT2D eigenvalue weighted by Crippen LogP contribution is -2.63. The van der Waals surface area contributed by atoms with E-state index in [1.54, 1.807) is 24.3 Å². The highest BCUT2D eigenvalue weighted by atomic mass is 16.7. The van der Waals surface area contributed by atoms with Crippen LogP contribution in [0.4, 0.5) is 0 Å². The number of aromatic hydroxyl groups is 1. The normalized spacial score (nSPS) is 21.1. The number of Topliss-reactive ketones (excluding diaryl/α,β-unsaturated/α-hetero) is 1. The predicted molar refractivity (Wildman–Crippen MR) is 144 cm³/mol. The number of benzene rings is 2. The molecule has 1 aliphatic heterocycles. The Bertz CT molecular complexity index is 1320. The number of methoxy groups -OCH3 is 1. The van der Waals surface area contributed by atoms with Crippen molar-refractivity contribution in [3.05, 3.63) is 48.0 Å². The Labute approximate surface area is 246 Å². The van der Waals surface area contributed by atoms with Gasteiger partial charge in [0.1, 0.15) is 35.7 Å². The first kappa shape index (κ1) is 32.7. The number of esters is 4. The number of rotatable bonds is 12. The van der Waals surface area contributed by atoms with Crippen LogP contribution in [-0.2, 0) is 42.9 Å². The highest BCUT2D eigenvalue weighted by Crippen LogP contribution is 2.32. The van der Waals surface area contributed by atoms with Gasteiger partial charge in [-0.15, -0.1) is 0 Å². The molecule has 0 saturated carbocycles. The van der Waals surface area contributed by atoms with Crippen molar-refractivity contribution < 1.29 is 67.0 Å². The summed E-state index contributed by atoms with van der Waals surface area (Å²) in [6, 6.07) is 10.3. The minimum atomic E-state index is -1.51. The lowest BCUT2D eigenvalue weighted by Gasteiger charge is -2.43. The summed E-state index contributed by atoms with van der Waals surface area (Å²) >= 11 is 0. The molecule has 3 unspecified atom stereocenters. The Morgan fingerprint density at radius 1 is 0.744 bits per heavy atom.